The summed E-state index contributed by atoms with van der Waals surface area (Å²) in [4.78, 5) is 10.1. The second kappa shape index (κ2) is 8.41. The van der Waals surface area contributed by atoms with E-state index < -0.39 is 0 Å². The van der Waals surface area contributed by atoms with Crippen LogP contribution in [0.25, 0.3) is 10.6 Å². The van der Waals surface area contributed by atoms with Gasteiger partial charge in [0.05, 0.1) is 5.69 Å². The first-order valence-corrected chi connectivity index (χ1v) is 10.4. The van der Waals surface area contributed by atoms with Gasteiger partial charge >= 0.3 is 0 Å². The summed E-state index contributed by atoms with van der Waals surface area (Å²) in [7, 11) is 0. The van der Waals surface area contributed by atoms with Crippen LogP contribution in [0, 0.1) is 5.92 Å². The standard InChI is InChI=1S/C20H28N4S/c1-2-6-18(7-3-1)20-22-19(16-25-20)15-24-11-9-23(10-12-24)14-17-5-4-8-21-13-17/h1-3,6-7,16-17,21H,4-5,8-15H2. The zero-order valence-electron chi connectivity index (χ0n) is 14.9. The predicted octanol–water partition coefficient (Wildman–Crippen LogP) is 2.93. The molecule has 1 aromatic carbocycles. The van der Waals surface area contributed by atoms with Crippen LogP contribution in [0.4, 0.5) is 0 Å². The molecule has 5 heteroatoms. The van der Waals surface area contributed by atoms with Crippen LogP contribution < -0.4 is 5.32 Å². The van der Waals surface area contributed by atoms with Gasteiger partial charge in [0.1, 0.15) is 5.01 Å². The van der Waals surface area contributed by atoms with Crippen molar-refractivity contribution in [2.24, 2.45) is 5.92 Å². The van der Waals surface area contributed by atoms with E-state index in [2.05, 4.69) is 50.8 Å². The number of thiazole rings is 1. The Hall–Kier alpha value is -1.27. The maximum absolute atomic E-state index is 4.84. The molecule has 2 aliphatic heterocycles. The third kappa shape index (κ3) is 4.67. The van der Waals surface area contributed by atoms with Crippen molar-refractivity contribution in [2.45, 2.75) is 19.4 Å². The number of hydrogen-bond acceptors (Lipinski definition) is 5. The highest BCUT2D eigenvalue weighted by Crippen LogP contribution is 2.24. The molecule has 0 amide bonds. The zero-order valence-corrected chi connectivity index (χ0v) is 15.7. The lowest BCUT2D eigenvalue weighted by molar-refractivity contribution is 0.107. The number of piperidine rings is 1. The zero-order chi connectivity index (χ0) is 16.9. The van der Waals surface area contributed by atoms with Crippen LogP contribution in [0.1, 0.15) is 18.5 Å². The van der Waals surface area contributed by atoms with Crippen molar-refractivity contribution in [3.8, 4) is 10.6 Å². The number of benzene rings is 1. The van der Waals surface area contributed by atoms with E-state index >= 15 is 0 Å². The van der Waals surface area contributed by atoms with Crippen molar-refractivity contribution >= 4 is 11.3 Å². The van der Waals surface area contributed by atoms with Gasteiger partial charge in [-0.25, -0.2) is 4.98 Å². The Morgan fingerprint density at radius 3 is 2.64 bits per heavy atom. The van der Waals surface area contributed by atoms with Crippen molar-refractivity contribution in [2.75, 3.05) is 45.8 Å². The summed E-state index contributed by atoms with van der Waals surface area (Å²) in [6.07, 6.45) is 2.74. The first-order valence-electron chi connectivity index (χ1n) is 9.52. The van der Waals surface area contributed by atoms with Gasteiger partial charge in [-0.15, -0.1) is 11.3 Å². The second-order valence-corrected chi connectivity index (χ2v) is 8.16. The molecule has 0 saturated carbocycles. The number of nitrogens with zero attached hydrogens (tertiary/aromatic N) is 3. The summed E-state index contributed by atoms with van der Waals surface area (Å²) in [5.41, 5.74) is 2.44. The van der Waals surface area contributed by atoms with E-state index in [1.807, 2.05) is 0 Å². The van der Waals surface area contributed by atoms with Crippen molar-refractivity contribution in [3.05, 3.63) is 41.4 Å². The van der Waals surface area contributed by atoms with E-state index in [4.69, 9.17) is 4.98 Å². The Labute approximate surface area is 154 Å². The van der Waals surface area contributed by atoms with E-state index in [9.17, 15) is 0 Å². The Kier molecular flexibility index (Phi) is 5.77. The first-order chi connectivity index (χ1) is 12.4. The smallest absolute Gasteiger partial charge is 0.123 e. The lowest BCUT2D eigenvalue weighted by atomic mass is 9.99. The molecule has 2 aliphatic rings. The van der Waals surface area contributed by atoms with Crippen LogP contribution in [-0.4, -0.2) is 60.6 Å². The van der Waals surface area contributed by atoms with Gasteiger partial charge in [0, 0.05) is 50.2 Å². The largest absolute Gasteiger partial charge is 0.316 e. The monoisotopic (exact) mass is 356 g/mol. The topological polar surface area (TPSA) is 31.4 Å². The van der Waals surface area contributed by atoms with Gasteiger partial charge in [-0.3, -0.25) is 4.90 Å². The van der Waals surface area contributed by atoms with Crippen molar-refractivity contribution in [1.82, 2.24) is 20.1 Å². The van der Waals surface area contributed by atoms with Crippen LogP contribution in [-0.2, 0) is 6.54 Å². The average Bonchev–Trinajstić information content (AvgIpc) is 3.14. The molecule has 4 nitrogen and oxygen atoms in total. The highest BCUT2D eigenvalue weighted by atomic mass is 32.1. The van der Waals surface area contributed by atoms with Crippen molar-refractivity contribution in [1.29, 1.82) is 0 Å². The molecule has 1 unspecified atom stereocenters. The van der Waals surface area contributed by atoms with Crippen molar-refractivity contribution < 1.29 is 0 Å². The van der Waals surface area contributed by atoms with E-state index in [-0.39, 0.29) is 0 Å². The van der Waals surface area contributed by atoms with Crippen LogP contribution in [0.5, 0.6) is 0 Å². The number of aromatic nitrogens is 1. The molecule has 0 radical (unpaired) electrons. The molecule has 2 aromatic rings. The Bertz CT molecular complexity index is 643. The number of nitrogens with one attached hydrogen (secondary N) is 1. The van der Waals surface area contributed by atoms with E-state index in [1.165, 1.54) is 69.9 Å². The lowest BCUT2D eigenvalue weighted by Gasteiger charge is -2.37. The maximum Gasteiger partial charge on any atom is 0.123 e. The van der Waals surface area contributed by atoms with Gasteiger partial charge in [0.15, 0.2) is 0 Å². The molecule has 3 heterocycles. The van der Waals surface area contributed by atoms with Gasteiger partial charge in [0.2, 0.25) is 0 Å². The quantitative estimate of drug-likeness (QED) is 0.893. The molecule has 134 valence electrons. The molecule has 0 spiro atoms. The maximum atomic E-state index is 4.84. The minimum Gasteiger partial charge on any atom is -0.316 e. The van der Waals surface area contributed by atoms with Gasteiger partial charge in [-0.1, -0.05) is 30.3 Å². The summed E-state index contributed by atoms with van der Waals surface area (Å²) < 4.78 is 0. The summed E-state index contributed by atoms with van der Waals surface area (Å²) in [5.74, 6) is 0.854. The van der Waals surface area contributed by atoms with Crippen LogP contribution in [0.3, 0.4) is 0 Å². The number of piperazine rings is 1. The SMILES string of the molecule is c1ccc(-c2nc(CN3CCN(CC4CCCNC4)CC3)cs2)cc1. The molecule has 0 aliphatic carbocycles. The summed E-state index contributed by atoms with van der Waals surface area (Å²) >= 11 is 1.76. The number of hydrogen-bond donors (Lipinski definition) is 1. The van der Waals surface area contributed by atoms with Gasteiger partial charge < -0.3 is 10.2 Å². The molecule has 2 fully saturated rings. The first kappa shape index (κ1) is 17.2. The fraction of sp³-hybridized carbons (Fsp3) is 0.550. The Balaban J connectivity index is 1.25. The van der Waals surface area contributed by atoms with Gasteiger partial charge in [-0.05, 0) is 31.8 Å². The molecule has 0 bridgehead atoms. The van der Waals surface area contributed by atoms with E-state index in [0.29, 0.717) is 0 Å². The average molecular weight is 357 g/mol. The molecular formula is C20H28N4S. The summed E-state index contributed by atoms with van der Waals surface area (Å²) in [5, 5.41) is 6.90. The van der Waals surface area contributed by atoms with Crippen molar-refractivity contribution in [3.63, 3.8) is 0 Å². The molecular weight excluding hydrogens is 328 g/mol. The van der Waals surface area contributed by atoms with E-state index in [0.717, 1.165) is 17.5 Å². The molecule has 2 saturated heterocycles. The minimum absolute atomic E-state index is 0.854. The fourth-order valence-corrected chi connectivity index (χ4v) is 4.71. The molecule has 4 rings (SSSR count). The van der Waals surface area contributed by atoms with Crippen LogP contribution >= 0.6 is 11.3 Å². The summed E-state index contributed by atoms with van der Waals surface area (Å²) in [6.45, 7) is 9.41. The third-order valence-electron chi connectivity index (χ3n) is 5.34. The highest BCUT2D eigenvalue weighted by Gasteiger charge is 2.21. The minimum atomic E-state index is 0.854. The normalized spacial score (nSPS) is 23.0. The molecule has 1 atom stereocenters. The highest BCUT2D eigenvalue weighted by molar-refractivity contribution is 7.13. The Morgan fingerprint density at radius 2 is 1.88 bits per heavy atom. The third-order valence-corrected chi connectivity index (χ3v) is 6.28. The summed E-state index contributed by atoms with van der Waals surface area (Å²) in [6, 6.07) is 10.5. The van der Waals surface area contributed by atoms with Gasteiger partial charge in [-0.2, -0.15) is 0 Å². The Morgan fingerprint density at radius 1 is 1.08 bits per heavy atom. The lowest BCUT2D eigenvalue weighted by Crippen LogP contribution is -2.48. The van der Waals surface area contributed by atoms with Gasteiger partial charge in [0.25, 0.3) is 0 Å². The van der Waals surface area contributed by atoms with Crippen LogP contribution in [0.2, 0.25) is 0 Å². The molecule has 1 aromatic heterocycles. The number of rotatable bonds is 5. The van der Waals surface area contributed by atoms with E-state index in [1.54, 1.807) is 11.3 Å². The molecule has 25 heavy (non-hydrogen) atoms. The predicted molar refractivity (Wildman–Crippen MR) is 105 cm³/mol. The second-order valence-electron chi connectivity index (χ2n) is 7.30. The molecule has 1 N–H and O–H groups in total. The van der Waals surface area contributed by atoms with Crippen LogP contribution in [0.15, 0.2) is 35.7 Å². The fourth-order valence-electron chi connectivity index (χ4n) is 3.90.